The van der Waals surface area contributed by atoms with Gasteiger partial charge in [0, 0.05) is 0 Å². The lowest BCUT2D eigenvalue weighted by Gasteiger charge is -2.21. The van der Waals surface area contributed by atoms with Crippen LogP contribution in [-0.2, 0) is 5.41 Å². The van der Waals surface area contributed by atoms with Gasteiger partial charge in [-0.15, -0.1) is 0 Å². The molecule has 88 valence electrons. The van der Waals surface area contributed by atoms with E-state index >= 15 is 0 Å². The van der Waals surface area contributed by atoms with Crippen LogP contribution in [-0.4, -0.2) is 18.0 Å². The molecule has 0 aliphatic carbocycles. The van der Waals surface area contributed by atoms with Crippen molar-refractivity contribution in [3.05, 3.63) is 23.3 Å². The first-order valence-electron chi connectivity index (χ1n) is 5.19. The largest absolute Gasteiger partial charge is 0.504 e. The van der Waals surface area contributed by atoms with Crippen molar-refractivity contribution in [2.75, 3.05) is 7.11 Å². The number of carbonyl (C=O) groups excluding carboxylic acids is 1. The van der Waals surface area contributed by atoms with Gasteiger partial charge >= 0.3 is 0 Å². The number of hydrogen-bond donors (Lipinski definition) is 1. The number of ketones is 1. The van der Waals surface area contributed by atoms with E-state index in [2.05, 4.69) is 0 Å². The molecule has 3 nitrogen and oxygen atoms in total. The molecule has 1 aromatic rings. The summed E-state index contributed by atoms with van der Waals surface area (Å²) in [5.74, 6) is 0.152. The molecule has 16 heavy (non-hydrogen) atoms. The molecule has 0 aromatic heterocycles. The molecule has 1 N–H and O–H groups in total. The molecule has 0 aliphatic rings. The predicted octanol–water partition coefficient (Wildman–Crippen LogP) is 2.90. The highest BCUT2D eigenvalue weighted by atomic mass is 16.5. The zero-order valence-corrected chi connectivity index (χ0v) is 10.4. The van der Waals surface area contributed by atoms with E-state index in [4.69, 9.17) is 4.74 Å². The molecule has 0 atom stereocenters. The van der Waals surface area contributed by atoms with Crippen LogP contribution >= 0.6 is 0 Å². The van der Waals surface area contributed by atoms with Crippen LogP contribution in [0.3, 0.4) is 0 Å². The summed E-state index contributed by atoms with van der Waals surface area (Å²) in [4.78, 5) is 11.5. The van der Waals surface area contributed by atoms with Crippen molar-refractivity contribution in [2.24, 2.45) is 0 Å². The molecular formula is C13H18O3. The lowest BCUT2D eigenvalue weighted by atomic mass is 9.85. The number of ether oxygens (including phenoxy) is 1. The van der Waals surface area contributed by atoms with Gasteiger partial charge in [-0.25, -0.2) is 0 Å². The molecule has 0 radical (unpaired) electrons. The van der Waals surface area contributed by atoms with Crippen LogP contribution in [0.5, 0.6) is 11.5 Å². The Morgan fingerprint density at radius 1 is 1.31 bits per heavy atom. The second kappa shape index (κ2) is 4.16. The normalized spacial score (nSPS) is 11.3. The van der Waals surface area contributed by atoms with Crippen LogP contribution in [0.25, 0.3) is 0 Å². The second-order valence-electron chi connectivity index (χ2n) is 4.88. The summed E-state index contributed by atoms with van der Waals surface area (Å²) in [5.41, 5.74) is 1.22. The number of methoxy groups -OCH3 is 1. The average molecular weight is 222 g/mol. The van der Waals surface area contributed by atoms with Crippen LogP contribution in [0.15, 0.2) is 12.1 Å². The molecule has 0 fully saturated rings. The fourth-order valence-electron chi connectivity index (χ4n) is 1.52. The maximum atomic E-state index is 11.5. The van der Waals surface area contributed by atoms with E-state index in [1.807, 2.05) is 20.8 Å². The Morgan fingerprint density at radius 2 is 1.88 bits per heavy atom. The van der Waals surface area contributed by atoms with Gasteiger partial charge in [-0.3, -0.25) is 4.79 Å². The molecule has 1 rings (SSSR count). The third-order valence-corrected chi connectivity index (χ3v) is 2.52. The molecule has 0 heterocycles. The lowest BCUT2D eigenvalue weighted by Crippen LogP contribution is -2.12. The van der Waals surface area contributed by atoms with Crippen molar-refractivity contribution in [3.63, 3.8) is 0 Å². The third-order valence-electron chi connectivity index (χ3n) is 2.52. The summed E-state index contributed by atoms with van der Waals surface area (Å²) < 4.78 is 5.03. The number of rotatable bonds is 2. The van der Waals surface area contributed by atoms with E-state index in [-0.39, 0.29) is 22.7 Å². The third kappa shape index (κ3) is 2.35. The number of phenolic OH excluding ortho intramolecular Hbond substituents is 1. The first-order chi connectivity index (χ1) is 7.27. The fourth-order valence-corrected chi connectivity index (χ4v) is 1.52. The fraction of sp³-hybridized carbons (Fsp3) is 0.462. The van der Waals surface area contributed by atoms with E-state index in [0.29, 0.717) is 5.56 Å². The van der Waals surface area contributed by atoms with Gasteiger partial charge in [0.2, 0.25) is 0 Å². The van der Waals surface area contributed by atoms with Crippen LogP contribution in [0.4, 0.5) is 0 Å². The Morgan fingerprint density at radius 3 is 2.25 bits per heavy atom. The van der Waals surface area contributed by atoms with Gasteiger partial charge < -0.3 is 9.84 Å². The van der Waals surface area contributed by atoms with E-state index in [1.54, 1.807) is 12.1 Å². The van der Waals surface area contributed by atoms with Gasteiger partial charge in [0.15, 0.2) is 17.3 Å². The Hall–Kier alpha value is -1.51. The minimum Gasteiger partial charge on any atom is -0.504 e. The van der Waals surface area contributed by atoms with Gasteiger partial charge in [-0.05, 0) is 30.0 Å². The monoisotopic (exact) mass is 222 g/mol. The summed E-state index contributed by atoms with van der Waals surface area (Å²) in [6.07, 6.45) is 0. The molecule has 0 unspecified atom stereocenters. The minimum atomic E-state index is -0.117. The SMILES string of the molecule is COc1c(O)cc(C(C)(C)C)cc1C(C)=O. The number of Topliss-reactive ketones (excluding diaryl/α,β-unsaturated/α-hetero) is 1. The molecule has 1 aromatic carbocycles. The van der Waals surface area contributed by atoms with Crippen LogP contribution in [0.1, 0.15) is 43.6 Å². The summed E-state index contributed by atoms with van der Waals surface area (Å²) in [7, 11) is 1.44. The van der Waals surface area contributed by atoms with Crippen LogP contribution in [0.2, 0.25) is 0 Å². The van der Waals surface area contributed by atoms with Gasteiger partial charge in [0.05, 0.1) is 12.7 Å². The smallest absolute Gasteiger partial charge is 0.171 e. The number of benzene rings is 1. The number of aromatic hydroxyl groups is 1. The first-order valence-corrected chi connectivity index (χ1v) is 5.19. The second-order valence-corrected chi connectivity index (χ2v) is 4.88. The van der Waals surface area contributed by atoms with Crippen molar-refractivity contribution in [3.8, 4) is 11.5 Å². The molecular weight excluding hydrogens is 204 g/mol. The highest BCUT2D eigenvalue weighted by Crippen LogP contribution is 2.36. The summed E-state index contributed by atoms with van der Waals surface area (Å²) in [5, 5.41) is 9.81. The molecule has 3 heteroatoms. The highest BCUT2D eigenvalue weighted by molar-refractivity contribution is 5.98. The van der Waals surface area contributed by atoms with E-state index < -0.39 is 0 Å². The number of phenols is 1. The molecule has 0 saturated carbocycles. The van der Waals surface area contributed by atoms with Gasteiger partial charge in [-0.1, -0.05) is 20.8 Å². The summed E-state index contributed by atoms with van der Waals surface area (Å²) in [6, 6.07) is 3.42. The number of hydrogen-bond acceptors (Lipinski definition) is 3. The molecule has 0 bridgehead atoms. The molecule has 0 saturated heterocycles. The topological polar surface area (TPSA) is 46.5 Å². The standard InChI is InChI=1S/C13H18O3/c1-8(14)10-6-9(13(2,3)4)7-11(15)12(10)16-5/h6-7,15H,1-5H3. The quantitative estimate of drug-likeness (QED) is 0.782. The molecule has 0 spiro atoms. The Bertz CT molecular complexity index is 414. The van der Waals surface area contributed by atoms with Crippen molar-refractivity contribution in [1.29, 1.82) is 0 Å². The van der Waals surface area contributed by atoms with Gasteiger partial charge in [0.25, 0.3) is 0 Å². The lowest BCUT2D eigenvalue weighted by molar-refractivity contribution is 0.101. The van der Waals surface area contributed by atoms with Gasteiger partial charge in [0.1, 0.15) is 0 Å². The maximum Gasteiger partial charge on any atom is 0.171 e. The Balaban J connectivity index is 3.46. The van der Waals surface area contributed by atoms with Crippen LogP contribution in [0, 0.1) is 0 Å². The summed E-state index contributed by atoms with van der Waals surface area (Å²) in [6.45, 7) is 7.54. The zero-order chi connectivity index (χ0) is 12.5. The zero-order valence-electron chi connectivity index (χ0n) is 10.4. The molecule has 0 aliphatic heterocycles. The number of carbonyl (C=O) groups is 1. The van der Waals surface area contributed by atoms with Crippen molar-refractivity contribution in [1.82, 2.24) is 0 Å². The van der Waals surface area contributed by atoms with Crippen molar-refractivity contribution < 1.29 is 14.6 Å². The minimum absolute atomic E-state index is 0.0140. The van der Waals surface area contributed by atoms with E-state index in [0.717, 1.165) is 5.56 Å². The Kier molecular flexibility index (Phi) is 3.27. The highest BCUT2D eigenvalue weighted by Gasteiger charge is 2.20. The van der Waals surface area contributed by atoms with E-state index in [1.165, 1.54) is 14.0 Å². The maximum absolute atomic E-state index is 11.5. The van der Waals surface area contributed by atoms with Gasteiger partial charge in [-0.2, -0.15) is 0 Å². The predicted molar refractivity (Wildman–Crippen MR) is 63.4 cm³/mol. The van der Waals surface area contributed by atoms with Crippen LogP contribution < -0.4 is 4.74 Å². The Labute approximate surface area is 96.1 Å². The van der Waals surface area contributed by atoms with E-state index in [9.17, 15) is 9.90 Å². The van der Waals surface area contributed by atoms with Crippen molar-refractivity contribution in [2.45, 2.75) is 33.1 Å². The average Bonchev–Trinajstić information content (AvgIpc) is 2.14. The van der Waals surface area contributed by atoms with Crippen molar-refractivity contribution >= 4 is 5.78 Å². The first kappa shape index (κ1) is 12.6. The summed E-state index contributed by atoms with van der Waals surface area (Å²) >= 11 is 0. The molecule has 0 amide bonds.